The quantitative estimate of drug-likeness (QED) is 0.585. The lowest BCUT2D eigenvalue weighted by molar-refractivity contribution is 0.0654. The molecule has 0 bridgehead atoms. The standard InChI is InChI=1S/C23H28N2O3/c1-16-9-12-24(13-10-16)21(26)18-7-8-19-20(15-18)23(28)25(22(19)27)14-11-17-5-3-2-4-6-17/h5,7-8,15-16H,2-4,6,9-14H2,1H3. The van der Waals surface area contributed by atoms with Gasteiger partial charge in [-0.15, -0.1) is 0 Å². The Kier molecular flexibility index (Phi) is 5.33. The molecule has 0 saturated carbocycles. The van der Waals surface area contributed by atoms with Gasteiger partial charge in [0, 0.05) is 25.2 Å². The molecule has 2 aliphatic heterocycles. The van der Waals surface area contributed by atoms with Crippen LogP contribution in [0.15, 0.2) is 29.8 Å². The molecule has 0 spiro atoms. The van der Waals surface area contributed by atoms with Crippen LogP contribution in [-0.4, -0.2) is 47.2 Å². The van der Waals surface area contributed by atoms with Gasteiger partial charge in [0.15, 0.2) is 0 Å². The van der Waals surface area contributed by atoms with Crippen LogP contribution < -0.4 is 0 Å². The van der Waals surface area contributed by atoms with Gasteiger partial charge in [-0.2, -0.15) is 0 Å². The summed E-state index contributed by atoms with van der Waals surface area (Å²) in [5.74, 6) is 0.109. The van der Waals surface area contributed by atoms with Gasteiger partial charge in [0.2, 0.25) is 0 Å². The number of benzene rings is 1. The fourth-order valence-corrected chi connectivity index (χ4v) is 4.41. The molecule has 0 unspecified atom stereocenters. The van der Waals surface area contributed by atoms with Crippen LogP contribution >= 0.6 is 0 Å². The van der Waals surface area contributed by atoms with Gasteiger partial charge >= 0.3 is 0 Å². The van der Waals surface area contributed by atoms with E-state index in [2.05, 4.69) is 13.0 Å². The third-order valence-corrected chi connectivity index (χ3v) is 6.33. The minimum Gasteiger partial charge on any atom is -0.339 e. The van der Waals surface area contributed by atoms with E-state index in [0.717, 1.165) is 45.2 Å². The fourth-order valence-electron chi connectivity index (χ4n) is 4.41. The Bertz CT molecular complexity index is 834. The van der Waals surface area contributed by atoms with Crippen LogP contribution in [0.1, 0.15) is 82.9 Å². The van der Waals surface area contributed by atoms with Gasteiger partial charge in [0.25, 0.3) is 17.7 Å². The number of allylic oxidation sites excluding steroid dienone is 1. The number of likely N-dealkylation sites (tertiary alicyclic amines) is 1. The zero-order valence-electron chi connectivity index (χ0n) is 16.6. The van der Waals surface area contributed by atoms with Gasteiger partial charge in [-0.05, 0) is 69.1 Å². The Labute approximate surface area is 166 Å². The van der Waals surface area contributed by atoms with E-state index in [1.165, 1.54) is 23.3 Å². The Balaban J connectivity index is 1.47. The summed E-state index contributed by atoms with van der Waals surface area (Å²) >= 11 is 0. The first kappa shape index (κ1) is 18.9. The highest BCUT2D eigenvalue weighted by molar-refractivity contribution is 6.22. The van der Waals surface area contributed by atoms with Crippen molar-refractivity contribution in [2.45, 2.75) is 51.9 Å². The summed E-state index contributed by atoms with van der Waals surface area (Å²) in [5.41, 5.74) is 2.65. The topological polar surface area (TPSA) is 57.7 Å². The summed E-state index contributed by atoms with van der Waals surface area (Å²) in [6.45, 7) is 4.14. The Hall–Kier alpha value is -2.43. The smallest absolute Gasteiger partial charge is 0.261 e. The van der Waals surface area contributed by atoms with Crippen molar-refractivity contribution in [1.29, 1.82) is 0 Å². The van der Waals surface area contributed by atoms with Crippen LogP contribution in [0.5, 0.6) is 0 Å². The maximum atomic E-state index is 12.8. The molecular weight excluding hydrogens is 352 g/mol. The highest BCUT2D eigenvalue weighted by atomic mass is 16.2. The molecule has 1 aromatic rings. The number of piperidine rings is 1. The molecule has 28 heavy (non-hydrogen) atoms. The van der Waals surface area contributed by atoms with E-state index in [0.29, 0.717) is 29.2 Å². The molecule has 1 aromatic carbocycles. The normalized spacial score (nSPS) is 20.4. The minimum absolute atomic E-state index is 0.0410. The van der Waals surface area contributed by atoms with Gasteiger partial charge < -0.3 is 4.90 Å². The summed E-state index contributed by atoms with van der Waals surface area (Å²) in [5, 5.41) is 0. The average molecular weight is 380 g/mol. The molecule has 3 aliphatic rings. The second-order valence-corrected chi connectivity index (χ2v) is 8.36. The molecule has 1 saturated heterocycles. The van der Waals surface area contributed by atoms with E-state index < -0.39 is 0 Å². The molecule has 5 heteroatoms. The maximum absolute atomic E-state index is 12.8. The van der Waals surface area contributed by atoms with Crippen molar-refractivity contribution < 1.29 is 14.4 Å². The van der Waals surface area contributed by atoms with Crippen LogP contribution in [-0.2, 0) is 0 Å². The second-order valence-electron chi connectivity index (χ2n) is 8.36. The molecule has 148 valence electrons. The highest BCUT2D eigenvalue weighted by Crippen LogP contribution is 2.27. The van der Waals surface area contributed by atoms with Gasteiger partial charge in [-0.3, -0.25) is 19.3 Å². The molecule has 5 nitrogen and oxygen atoms in total. The van der Waals surface area contributed by atoms with E-state index in [9.17, 15) is 14.4 Å². The van der Waals surface area contributed by atoms with Crippen LogP contribution in [0, 0.1) is 5.92 Å². The summed E-state index contributed by atoms with van der Waals surface area (Å²) in [6, 6.07) is 4.96. The predicted molar refractivity (Wildman–Crippen MR) is 107 cm³/mol. The second kappa shape index (κ2) is 7.90. The van der Waals surface area contributed by atoms with Crippen molar-refractivity contribution in [3.63, 3.8) is 0 Å². The van der Waals surface area contributed by atoms with Crippen molar-refractivity contribution in [2.24, 2.45) is 5.92 Å². The number of fused-ring (bicyclic) bond motifs is 1. The van der Waals surface area contributed by atoms with E-state index >= 15 is 0 Å². The highest BCUT2D eigenvalue weighted by Gasteiger charge is 2.36. The number of amides is 3. The predicted octanol–water partition coefficient (Wildman–Crippen LogP) is 4.05. The minimum atomic E-state index is -0.265. The van der Waals surface area contributed by atoms with Crippen molar-refractivity contribution in [3.8, 4) is 0 Å². The molecule has 0 atom stereocenters. The lowest BCUT2D eigenvalue weighted by Gasteiger charge is -2.30. The third-order valence-electron chi connectivity index (χ3n) is 6.33. The molecule has 0 N–H and O–H groups in total. The molecular formula is C23H28N2O3. The maximum Gasteiger partial charge on any atom is 0.261 e. The van der Waals surface area contributed by atoms with Crippen LogP contribution in [0.3, 0.4) is 0 Å². The molecule has 1 fully saturated rings. The van der Waals surface area contributed by atoms with Gasteiger partial charge in [0.1, 0.15) is 0 Å². The number of nitrogens with zero attached hydrogens (tertiary/aromatic N) is 2. The number of carbonyl (C=O) groups excluding carboxylic acids is 3. The van der Waals surface area contributed by atoms with Crippen molar-refractivity contribution in [2.75, 3.05) is 19.6 Å². The Morgan fingerprint density at radius 2 is 1.82 bits per heavy atom. The first-order valence-electron chi connectivity index (χ1n) is 10.5. The largest absolute Gasteiger partial charge is 0.339 e. The number of hydrogen-bond acceptors (Lipinski definition) is 3. The lowest BCUT2D eigenvalue weighted by Crippen LogP contribution is -2.38. The van der Waals surface area contributed by atoms with E-state index in [1.807, 2.05) is 4.90 Å². The molecule has 3 amide bonds. The van der Waals surface area contributed by atoms with Crippen LogP contribution in [0.2, 0.25) is 0 Å². The van der Waals surface area contributed by atoms with Gasteiger partial charge in [-0.1, -0.05) is 18.6 Å². The lowest BCUT2D eigenvalue weighted by atomic mass is 9.97. The number of carbonyl (C=O) groups is 3. The Morgan fingerprint density at radius 3 is 2.54 bits per heavy atom. The molecule has 0 radical (unpaired) electrons. The first-order valence-corrected chi connectivity index (χ1v) is 10.5. The summed E-state index contributed by atoms with van der Waals surface area (Å²) in [4.78, 5) is 41.5. The van der Waals surface area contributed by atoms with Crippen LogP contribution in [0.25, 0.3) is 0 Å². The monoisotopic (exact) mass is 380 g/mol. The number of hydrogen-bond donors (Lipinski definition) is 0. The molecule has 1 aliphatic carbocycles. The summed E-state index contributed by atoms with van der Waals surface area (Å²) in [6.07, 6.45) is 9.60. The van der Waals surface area contributed by atoms with Crippen molar-refractivity contribution in [1.82, 2.24) is 9.80 Å². The average Bonchev–Trinajstić information content (AvgIpc) is 2.97. The van der Waals surface area contributed by atoms with Gasteiger partial charge in [0.05, 0.1) is 11.1 Å². The molecule has 4 rings (SSSR count). The summed E-state index contributed by atoms with van der Waals surface area (Å²) in [7, 11) is 0. The zero-order chi connectivity index (χ0) is 19.7. The molecule has 2 heterocycles. The van der Waals surface area contributed by atoms with E-state index in [4.69, 9.17) is 0 Å². The van der Waals surface area contributed by atoms with Gasteiger partial charge in [-0.25, -0.2) is 0 Å². The SMILES string of the molecule is CC1CCN(C(=O)c2ccc3c(c2)C(=O)N(CCC2=CCCCC2)C3=O)CC1. The van der Waals surface area contributed by atoms with Crippen LogP contribution in [0.4, 0.5) is 0 Å². The number of imide groups is 1. The Morgan fingerprint density at radius 1 is 1.07 bits per heavy atom. The fraction of sp³-hybridized carbons (Fsp3) is 0.522. The van der Waals surface area contributed by atoms with E-state index in [1.54, 1.807) is 18.2 Å². The summed E-state index contributed by atoms with van der Waals surface area (Å²) < 4.78 is 0. The number of rotatable bonds is 4. The first-order chi connectivity index (χ1) is 13.5. The van der Waals surface area contributed by atoms with Crippen molar-refractivity contribution >= 4 is 17.7 Å². The van der Waals surface area contributed by atoms with Crippen molar-refractivity contribution in [3.05, 3.63) is 46.5 Å². The molecule has 0 aromatic heterocycles. The van der Waals surface area contributed by atoms with E-state index in [-0.39, 0.29) is 17.7 Å². The zero-order valence-corrected chi connectivity index (χ0v) is 16.6. The third kappa shape index (κ3) is 3.62.